The number of carbonyl (C=O) groups excluding carboxylic acids is 3. The van der Waals surface area contributed by atoms with E-state index >= 15 is 0 Å². The molecule has 0 aliphatic carbocycles. The molecule has 1 saturated heterocycles. The number of carbonyl (C=O) groups is 3. The fourth-order valence-electron chi connectivity index (χ4n) is 3.09. The third-order valence-electron chi connectivity index (χ3n) is 4.78. The minimum Gasteiger partial charge on any atom is -0.497 e. The highest BCUT2D eigenvalue weighted by Gasteiger charge is 2.23. The van der Waals surface area contributed by atoms with Crippen molar-refractivity contribution in [1.29, 1.82) is 0 Å². The zero-order valence-electron chi connectivity index (χ0n) is 16.1. The van der Waals surface area contributed by atoms with Crippen molar-refractivity contribution in [2.75, 3.05) is 44.7 Å². The number of methoxy groups -OCH3 is 1. The second-order valence-corrected chi connectivity index (χ2v) is 6.58. The van der Waals surface area contributed by atoms with E-state index in [0.29, 0.717) is 31.9 Å². The topological polar surface area (TPSA) is 78.9 Å². The van der Waals surface area contributed by atoms with E-state index in [9.17, 15) is 18.8 Å². The summed E-state index contributed by atoms with van der Waals surface area (Å²) in [4.78, 5) is 40.2. The van der Waals surface area contributed by atoms with Crippen LogP contribution in [0.3, 0.4) is 0 Å². The van der Waals surface area contributed by atoms with Crippen LogP contribution in [0.5, 0.6) is 5.75 Å². The molecule has 7 nitrogen and oxygen atoms in total. The lowest BCUT2D eigenvalue weighted by atomic mass is 10.1. The number of halogens is 1. The molecule has 3 rings (SSSR count). The number of nitrogens with zero attached hydrogens (tertiary/aromatic N) is 2. The normalized spacial score (nSPS) is 13.7. The quantitative estimate of drug-likeness (QED) is 0.588. The SMILES string of the molecule is COc1ccc(C(=O)C(=O)NCC(=O)N2CCN(c3ccc(F)cc3)CC2)cc1. The number of benzene rings is 2. The fourth-order valence-corrected chi connectivity index (χ4v) is 3.09. The molecule has 2 aromatic carbocycles. The van der Waals surface area contributed by atoms with E-state index in [0.717, 1.165) is 5.69 Å². The van der Waals surface area contributed by atoms with E-state index in [-0.39, 0.29) is 23.8 Å². The first-order valence-corrected chi connectivity index (χ1v) is 9.23. The van der Waals surface area contributed by atoms with E-state index in [1.54, 1.807) is 29.2 Å². The van der Waals surface area contributed by atoms with Gasteiger partial charge in [-0.15, -0.1) is 0 Å². The first-order valence-electron chi connectivity index (χ1n) is 9.23. The molecule has 2 amide bonds. The van der Waals surface area contributed by atoms with Crippen LogP contribution < -0.4 is 15.0 Å². The van der Waals surface area contributed by atoms with Gasteiger partial charge < -0.3 is 19.9 Å². The van der Waals surface area contributed by atoms with Crippen molar-refractivity contribution in [3.05, 3.63) is 59.9 Å². The Bertz CT molecular complexity index is 876. The molecular formula is C21H22FN3O4. The first kappa shape index (κ1) is 20.3. The molecule has 0 saturated carbocycles. The van der Waals surface area contributed by atoms with Gasteiger partial charge in [0.2, 0.25) is 11.7 Å². The van der Waals surface area contributed by atoms with Crippen molar-refractivity contribution in [2.24, 2.45) is 0 Å². The molecule has 0 atom stereocenters. The Morgan fingerprint density at radius 3 is 2.17 bits per heavy atom. The Kier molecular flexibility index (Phi) is 6.43. The number of ether oxygens (including phenoxy) is 1. The van der Waals surface area contributed by atoms with Crippen molar-refractivity contribution >= 4 is 23.3 Å². The van der Waals surface area contributed by atoms with Crippen molar-refractivity contribution in [3.63, 3.8) is 0 Å². The lowest BCUT2D eigenvalue weighted by Crippen LogP contribution is -2.51. The zero-order chi connectivity index (χ0) is 20.8. The zero-order valence-corrected chi connectivity index (χ0v) is 16.1. The summed E-state index contributed by atoms with van der Waals surface area (Å²) in [7, 11) is 1.51. The van der Waals surface area contributed by atoms with Crippen LogP contribution in [0.15, 0.2) is 48.5 Å². The Labute approximate surface area is 168 Å². The van der Waals surface area contributed by atoms with Crippen LogP contribution in [-0.4, -0.2) is 62.3 Å². The number of nitrogens with one attached hydrogen (secondary N) is 1. The average molecular weight is 399 g/mol. The van der Waals surface area contributed by atoms with Gasteiger partial charge in [-0.3, -0.25) is 14.4 Å². The molecule has 0 radical (unpaired) electrons. The summed E-state index contributed by atoms with van der Waals surface area (Å²) in [6, 6.07) is 12.4. The van der Waals surface area contributed by atoms with Crippen LogP contribution in [0.4, 0.5) is 10.1 Å². The van der Waals surface area contributed by atoms with Gasteiger partial charge in [-0.25, -0.2) is 4.39 Å². The maximum atomic E-state index is 13.0. The second kappa shape index (κ2) is 9.18. The second-order valence-electron chi connectivity index (χ2n) is 6.58. The molecule has 8 heteroatoms. The molecule has 0 aromatic heterocycles. The number of anilines is 1. The maximum absolute atomic E-state index is 13.0. The Balaban J connectivity index is 1.46. The minimum atomic E-state index is -0.825. The average Bonchev–Trinajstić information content (AvgIpc) is 2.77. The van der Waals surface area contributed by atoms with Crippen LogP contribution in [0, 0.1) is 5.82 Å². The molecule has 152 valence electrons. The highest BCUT2D eigenvalue weighted by atomic mass is 19.1. The predicted molar refractivity (Wildman–Crippen MR) is 106 cm³/mol. The van der Waals surface area contributed by atoms with Gasteiger partial charge in [0.15, 0.2) is 0 Å². The maximum Gasteiger partial charge on any atom is 0.292 e. The summed E-state index contributed by atoms with van der Waals surface area (Å²) in [6.45, 7) is 1.94. The molecular weight excluding hydrogens is 377 g/mol. The first-order chi connectivity index (χ1) is 14.0. The number of amides is 2. The lowest BCUT2D eigenvalue weighted by Gasteiger charge is -2.36. The number of ketones is 1. The van der Waals surface area contributed by atoms with Gasteiger partial charge in [0.1, 0.15) is 11.6 Å². The van der Waals surface area contributed by atoms with Gasteiger partial charge in [-0.05, 0) is 48.5 Å². The van der Waals surface area contributed by atoms with E-state index in [1.165, 1.54) is 31.4 Å². The van der Waals surface area contributed by atoms with Crippen LogP contribution >= 0.6 is 0 Å². The summed E-state index contributed by atoms with van der Waals surface area (Å²) in [5.74, 6) is -1.49. The van der Waals surface area contributed by atoms with E-state index in [1.807, 2.05) is 0 Å². The van der Waals surface area contributed by atoms with Crippen molar-refractivity contribution in [1.82, 2.24) is 10.2 Å². The lowest BCUT2D eigenvalue weighted by molar-refractivity contribution is -0.132. The van der Waals surface area contributed by atoms with Crippen molar-refractivity contribution in [2.45, 2.75) is 0 Å². The van der Waals surface area contributed by atoms with Gasteiger partial charge in [-0.1, -0.05) is 0 Å². The molecule has 1 heterocycles. The van der Waals surface area contributed by atoms with Crippen LogP contribution in [0.1, 0.15) is 10.4 Å². The molecule has 0 unspecified atom stereocenters. The predicted octanol–water partition coefficient (Wildman–Crippen LogP) is 1.48. The Hall–Kier alpha value is -3.42. The molecule has 1 fully saturated rings. The number of piperazine rings is 1. The molecule has 0 bridgehead atoms. The minimum absolute atomic E-state index is 0.226. The number of hydrogen-bond donors (Lipinski definition) is 1. The highest BCUT2D eigenvalue weighted by molar-refractivity contribution is 6.43. The highest BCUT2D eigenvalue weighted by Crippen LogP contribution is 2.17. The van der Waals surface area contributed by atoms with Crippen LogP contribution in [0.2, 0.25) is 0 Å². The van der Waals surface area contributed by atoms with Gasteiger partial charge in [0.05, 0.1) is 13.7 Å². The summed E-state index contributed by atoms with van der Waals surface area (Å²) >= 11 is 0. The summed E-state index contributed by atoms with van der Waals surface area (Å²) in [6.07, 6.45) is 0. The molecule has 1 N–H and O–H groups in total. The molecule has 1 aliphatic rings. The summed E-state index contributed by atoms with van der Waals surface area (Å²) in [5, 5.41) is 2.39. The van der Waals surface area contributed by atoms with Gasteiger partial charge in [0.25, 0.3) is 5.91 Å². The van der Waals surface area contributed by atoms with Gasteiger partial charge in [-0.2, -0.15) is 0 Å². The fraction of sp³-hybridized carbons (Fsp3) is 0.286. The van der Waals surface area contributed by atoms with Crippen molar-refractivity contribution < 1.29 is 23.5 Å². The Morgan fingerprint density at radius 1 is 0.966 bits per heavy atom. The molecule has 29 heavy (non-hydrogen) atoms. The standard InChI is InChI=1S/C21H22FN3O4/c1-29-18-8-2-15(3-9-18)20(27)21(28)23-14-19(26)25-12-10-24(11-13-25)17-6-4-16(22)5-7-17/h2-9H,10-14H2,1H3,(H,23,28). The van der Waals surface area contributed by atoms with Crippen LogP contribution in [0.25, 0.3) is 0 Å². The number of hydrogen-bond acceptors (Lipinski definition) is 5. The third kappa shape index (κ3) is 5.10. The number of rotatable bonds is 6. The summed E-state index contributed by atoms with van der Waals surface area (Å²) in [5.41, 5.74) is 1.13. The van der Waals surface area contributed by atoms with Crippen LogP contribution in [-0.2, 0) is 9.59 Å². The largest absolute Gasteiger partial charge is 0.497 e. The van der Waals surface area contributed by atoms with Gasteiger partial charge in [0, 0.05) is 37.4 Å². The van der Waals surface area contributed by atoms with E-state index in [2.05, 4.69) is 10.2 Å². The number of Topliss-reactive ketones (excluding diaryl/α,β-unsaturated/α-hetero) is 1. The molecule has 1 aliphatic heterocycles. The van der Waals surface area contributed by atoms with Crippen molar-refractivity contribution in [3.8, 4) is 5.75 Å². The molecule has 0 spiro atoms. The molecule has 2 aromatic rings. The smallest absolute Gasteiger partial charge is 0.292 e. The Morgan fingerprint density at radius 2 is 1.59 bits per heavy atom. The third-order valence-corrected chi connectivity index (χ3v) is 4.78. The van der Waals surface area contributed by atoms with E-state index in [4.69, 9.17) is 4.74 Å². The van der Waals surface area contributed by atoms with E-state index < -0.39 is 11.7 Å². The summed E-state index contributed by atoms with van der Waals surface area (Å²) < 4.78 is 18.0. The van der Waals surface area contributed by atoms with Gasteiger partial charge >= 0.3 is 0 Å². The monoisotopic (exact) mass is 399 g/mol.